The van der Waals surface area contributed by atoms with Crippen LogP contribution in [0.4, 0.5) is 9.59 Å². The van der Waals surface area contributed by atoms with Crippen molar-refractivity contribution in [3.05, 3.63) is 0 Å². The monoisotopic (exact) mass is 432 g/mol. The summed E-state index contributed by atoms with van der Waals surface area (Å²) in [6.07, 6.45) is -1.39. The molecule has 172 valence electrons. The van der Waals surface area contributed by atoms with Crippen molar-refractivity contribution in [2.45, 2.75) is 52.7 Å². The van der Waals surface area contributed by atoms with E-state index in [0.717, 1.165) is 4.90 Å². The smallest absolute Gasteiger partial charge is 0.407 e. The third-order valence-electron chi connectivity index (χ3n) is 2.98. The predicted octanol–water partition coefficient (Wildman–Crippen LogP) is 0.0652. The van der Waals surface area contributed by atoms with E-state index < -0.39 is 47.7 Å². The maximum Gasteiger partial charge on any atom is 0.407 e. The fraction of sp³-hybridized carbons (Fsp3) is 0.722. The molecule has 12 nitrogen and oxygen atoms in total. The molecule has 0 atom stereocenters. The standard InChI is InChI=1S/C18H32N4O8/c1-17(2,3)29-15(27)19-7-9-22(14(26)13(25)21-11-12(23)24)10-8-20-16(28)30-18(4,5)6/h7-11H2,1-6H3,(H,19,27)(H,20,28)(H,21,25)(H,23,24). The van der Waals surface area contributed by atoms with E-state index in [1.807, 2.05) is 5.32 Å². The van der Waals surface area contributed by atoms with E-state index >= 15 is 0 Å². The quantitative estimate of drug-likeness (QED) is 0.391. The zero-order chi connectivity index (χ0) is 23.5. The van der Waals surface area contributed by atoms with Crippen molar-refractivity contribution >= 4 is 30.0 Å². The van der Waals surface area contributed by atoms with Gasteiger partial charge in [0, 0.05) is 26.2 Å². The highest BCUT2D eigenvalue weighted by molar-refractivity contribution is 6.35. The minimum atomic E-state index is -1.30. The van der Waals surface area contributed by atoms with Crippen molar-refractivity contribution < 1.29 is 38.6 Å². The van der Waals surface area contributed by atoms with Crippen molar-refractivity contribution in [3.63, 3.8) is 0 Å². The summed E-state index contributed by atoms with van der Waals surface area (Å²) in [5.74, 6) is -3.43. The lowest BCUT2D eigenvalue weighted by Gasteiger charge is -2.24. The van der Waals surface area contributed by atoms with Crippen molar-refractivity contribution in [2.24, 2.45) is 0 Å². The molecule has 0 saturated carbocycles. The van der Waals surface area contributed by atoms with E-state index in [9.17, 15) is 24.0 Å². The fourth-order valence-electron chi connectivity index (χ4n) is 1.90. The topological polar surface area (TPSA) is 163 Å². The molecule has 0 radical (unpaired) electrons. The normalized spacial score (nSPS) is 11.1. The van der Waals surface area contributed by atoms with Gasteiger partial charge < -0.3 is 35.4 Å². The molecular formula is C18H32N4O8. The molecule has 0 fully saturated rings. The van der Waals surface area contributed by atoms with Gasteiger partial charge in [0.1, 0.15) is 17.7 Å². The number of hydrogen-bond donors (Lipinski definition) is 4. The summed E-state index contributed by atoms with van der Waals surface area (Å²) < 4.78 is 10.2. The van der Waals surface area contributed by atoms with E-state index in [0.29, 0.717) is 0 Å². The molecule has 0 rings (SSSR count). The summed E-state index contributed by atoms with van der Waals surface area (Å²) in [6, 6.07) is 0. The number of carbonyl (C=O) groups is 5. The Morgan fingerprint density at radius 3 is 1.50 bits per heavy atom. The molecule has 4 N–H and O–H groups in total. The van der Waals surface area contributed by atoms with Gasteiger partial charge in [0.25, 0.3) is 0 Å². The largest absolute Gasteiger partial charge is 0.480 e. The minimum absolute atomic E-state index is 0.0285. The highest BCUT2D eigenvalue weighted by Crippen LogP contribution is 2.07. The van der Waals surface area contributed by atoms with E-state index in [2.05, 4.69) is 10.6 Å². The second kappa shape index (κ2) is 11.8. The number of carboxylic acids is 1. The summed E-state index contributed by atoms with van der Waals surface area (Å²) in [6.45, 7) is 9.23. The van der Waals surface area contributed by atoms with Gasteiger partial charge in [-0.25, -0.2) is 9.59 Å². The summed E-state index contributed by atoms with van der Waals surface area (Å²) in [7, 11) is 0. The SMILES string of the molecule is CC(C)(C)OC(=O)NCCN(CCNC(=O)OC(C)(C)C)C(=O)C(=O)NCC(=O)O. The van der Waals surface area contributed by atoms with Gasteiger partial charge in [-0.1, -0.05) is 0 Å². The molecule has 4 amide bonds. The lowest BCUT2D eigenvalue weighted by molar-refractivity contribution is -0.147. The number of rotatable bonds is 8. The van der Waals surface area contributed by atoms with Crippen molar-refractivity contribution in [2.75, 3.05) is 32.7 Å². The Balaban J connectivity index is 4.81. The number of nitrogens with one attached hydrogen (secondary N) is 3. The molecule has 0 spiro atoms. The summed E-state index contributed by atoms with van der Waals surface area (Å²) in [5.41, 5.74) is -1.40. The predicted molar refractivity (Wildman–Crippen MR) is 106 cm³/mol. The van der Waals surface area contributed by atoms with Crippen LogP contribution in [0.25, 0.3) is 0 Å². The maximum atomic E-state index is 12.3. The Bertz CT molecular complexity index is 603. The number of carboxylic acid groups (broad SMARTS) is 1. The van der Waals surface area contributed by atoms with E-state index in [4.69, 9.17) is 14.6 Å². The number of aliphatic carboxylic acids is 1. The van der Waals surface area contributed by atoms with Gasteiger partial charge in [0.15, 0.2) is 0 Å². The van der Waals surface area contributed by atoms with Crippen LogP contribution in [-0.2, 0) is 23.9 Å². The van der Waals surface area contributed by atoms with E-state index in [1.54, 1.807) is 41.5 Å². The molecule has 0 aliphatic rings. The van der Waals surface area contributed by atoms with Crippen LogP contribution in [0.15, 0.2) is 0 Å². The third kappa shape index (κ3) is 14.0. The van der Waals surface area contributed by atoms with Crippen LogP contribution in [-0.4, -0.2) is 83.9 Å². The number of ether oxygens (including phenoxy) is 2. The van der Waals surface area contributed by atoms with Crippen molar-refractivity contribution in [3.8, 4) is 0 Å². The van der Waals surface area contributed by atoms with E-state index in [1.165, 1.54) is 0 Å². The molecule has 0 heterocycles. The number of carbonyl (C=O) groups excluding carboxylic acids is 4. The molecular weight excluding hydrogens is 400 g/mol. The molecule has 30 heavy (non-hydrogen) atoms. The highest BCUT2D eigenvalue weighted by atomic mass is 16.6. The van der Waals surface area contributed by atoms with Crippen molar-refractivity contribution in [1.82, 2.24) is 20.9 Å². The fourth-order valence-corrected chi connectivity index (χ4v) is 1.90. The van der Waals surface area contributed by atoms with Crippen LogP contribution in [0.5, 0.6) is 0 Å². The number of hydrogen-bond acceptors (Lipinski definition) is 7. The second-order valence-electron chi connectivity index (χ2n) is 8.23. The minimum Gasteiger partial charge on any atom is -0.480 e. The highest BCUT2D eigenvalue weighted by Gasteiger charge is 2.23. The average Bonchev–Trinajstić information content (AvgIpc) is 2.54. The second-order valence-corrected chi connectivity index (χ2v) is 8.23. The van der Waals surface area contributed by atoms with Crippen LogP contribution in [0.3, 0.4) is 0 Å². The van der Waals surface area contributed by atoms with Gasteiger partial charge in [0.2, 0.25) is 0 Å². The number of alkyl carbamates (subject to hydrolysis) is 2. The van der Waals surface area contributed by atoms with Gasteiger partial charge in [-0.2, -0.15) is 0 Å². The zero-order valence-electron chi connectivity index (χ0n) is 18.3. The summed E-state index contributed by atoms with van der Waals surface area (Å²) >= 11 is 0. The van der Waals surface area contributed by atoms with Crippen LogP contribution >= 0.6 is 0 Å². The Labute approximate surface area is 175 Å². The number of amides is 4. The lowest BCUT2D eigenvalue weighted by atomic mass is 10.2. The molecule has 12 heteroatoms. The molecule has 0 unspecified atom stereocenters. The molecule has 0 aromatic carbocycles. The average molecular weight is 432 g/mol. The lowest BCUT2D eigenvalue weighted by Crippen LogP contribution is -2.49. The Morgan fingerprint density at radius 1 is 0.767 bits per heavy atom. The summed E-state index contributed by atoms with van der Waals surface area (Å²) in [5, 5.41) is 15.5. The molecule has 0 aromatic rings. The van der Waals surface area contributed by atoms with Crippen molar-refractivity contribution in [1.29, 1.82) is 0 Å². The van der Waals surface area contributed by atoms with Gasteiger partial charge in [-0.3, -0.25) is 14.4 Å². The van der Waals surface area contributed by atoms with Gasteiger partial charge in [-0.15, -0.1) is 0 Å². The van der Waals surface area contributed by atoms with E-state index in [-0.39, 0.29) is 26.2 Å². The first kappa shape index (κ1) is 27.0. The zero-order valence-corrected chi connectivity index (χ0v) is 18.3. The van der Waals surface area contributed by atoms with Gasteiger partial charge in [0.05, 0.1) is 0 Å². The first-order valence-electron chi connectivity index (χ1n) is 9.33. The van der Waals surface area contributed by atoms with Crippen LogP contribution in [0.2, 0.25) is 0 Å². The molecule has 0 aliphatic heterocycles. The first-order chi connectivity index (χ1) is 13.6. The molecule has 0 aromatic heterocycles. The van der Waals surface area contributed by atoms with Crippen LogP contribution < -0.4 is 16.0 Å². The maximum absolute atomic E-state index is 12.3. The van der Waals surface area contributed by atoms with Crippen LogP contribution in [0, 0.1) is 0 Å². The molecule has 0 bridgehead atoms. The van der Waals surface area contributed by atoms with Gasteiger partial charge >= 0.3 is 30.0 Å². The Kier molecular flexibility index (Phi) is 10.6. The summed E-state index contributed by atoms with van der Waals surface area (Å²) in [4.78, 5) is 59.2. The van der Waals surface area contributed by atoms with Gasteiger partial charge in [-0.05, 0) is 41.5 Å². The number of nitrogens with zero attached hydrogens (tertiary/aromatic N) is 1. The Hall–Kier alpha value is -3.05. The third-order valence-corrected chi connectivity index (χ3v) is 2.98. The first-order valence-corrected chi connectivity index (χ1v) is 9.33. The molecule has 0 aliphatic carbocycles. The van der Waals surface area contributed by atoms with Crippen LogP contribution in [0.1, 0.15) is 41.5 Å². The Morgan fingerprint density at radius 2 is 1.17 bits per heavy atom. The molecule has 0 saturated heterocycles.